The first-order valence-corrected chi connectivity index (χ1v) is 7.75. The van der Waals surface area contributed by atoms with Gasteiger partial charge in [-0.1, -0.05) is 40.0 Å². The number of aromatic nitrogens is 2. The Hall–Kier alpha value is -1.03. The summed E-state index contributed by atoms with van der Waals surface area (Å²) in [6.45, 7) is 6.64. The predicted octanol–water partition coefficient (Wildman–Crippen LogP) is 3.23. The Morgan fingerprint density at radius 1 is 1.25 bits per heavy atom. The Bertz CT molecular complexity index is 440. The molecule has 0 radical (unpaired) electrons. The molecule has 0 aromatic carbocycles. The van der Waals surface area contributed by atoms with E-state index in [1.165, 1.54) is 32.1 Å². The van der Waals surface area contributed by atoms with Crippen LogP contribution in [0.2, 0.25) is 0 Å². The van der Waals surface area contributed by atoms with Crippen LogP contribution in [0.5, 0.6) is 5.88 Å². The van der Waals surface area contributed by atoms with E-state index in [0.717, 1.165) is 17.1 Å². The molecule has 0 atom stereocenters. The van der Waals surface area contributed by atoms with Gasteiger partial charge in [0.1, 0.15) is 0 Å². The standard InChI is InChI=1S/C16H28N2O2/c1-16(2,3)14-13(10-11-19)15(20-4)18(17-14)12-8-6-5-7-9-12/h12,19H,5-11H2,1-4H3. The number of hydrogen-bond donors (Lipinski definition) is 1. The van der Waals surface area contributed by atoms with Gasteiger partial charge in [0, 0.05) is 24.0 Å². The molecule has 1 fully saturated rings. The van der Waals surface area contributed by atoms with E-state index in [0.29, 0.717) is 12.5 Å². The minimum absolute atomic E-state index is 0.0301. The lowest BCUT2D eigenvalue weighted by Gasteiger charge is -2.23. The minimum atomic E-state index is -0.0301. The summed E-state index contributed by atoms with van der Waals surface area (Å²) in [4.78, 5) is 0. The van der Waals surface area contributed by atoms with Gasteiger partial charge in [0.2, 0.25) is 5.88 Å². The van der Waals surface area contributed by atoms with Crippen LogP contribution in [0, 0.1) is 0 Å². The molecule has 1 N–H and O–H groups in total. The van der Waals surface area contributed by atoms with Crippen molar-refractivity contribution in [2.24, 2.45) is 0 Å². The van der Waals surface area contributed by atoms with Crippen LogP contribution < -0.4 is 4.74 Å². The second-order valence-electron chi connectivity index (χ2n) is 6.80. The fourth-order valence-electron chi connectivity index (χ4n) is 3.18. The Balaban J connectivity index is 2.45. The average molecular weight is 280 g/mol. The van der Waals surface area contributed by atoms with E-state index in [-0.39, 0.29) is 12.0 Å². The van der Waals surface area contributed by atoms with Crippen LogP contribution in [0.25, 0.3) is 0 Å². The molecule has 0 saturated heterocycles. The lowest BCUT2D eigenvalue weighted by molar-refractivity contribution is 0.273. The summed E-state index contributed by atoms with van der Waals surface area (Å²) < 4.78 is 7.74. The molecule has 20 heavy (non-hydrogen) atoms. The summed E-state index contributed by atoms with van der Waals surface area (Å²) in [5.74, 6) is 0.857. The average Bonchev–Trinajstić information content (AvgIpc) is 2.79. The Morgan fingerprint density at radius 2 is 1.90 bits per heavy atom. The summed E-state index contributed by atoms with van der Waals surface area (Å²) in [7, 11) is 1.71. The first kappa shape index (κ1) is 15.4. The molecule has 2 rings (SSSR count). The molecule has 1 aromatic heterocycles. The van der Waals surface area contributed by atoms with Crippen molar-refractivity contribution in [2.75, 3.05) is 13.7 Å². The van der Waals surface area contributed by atoms with Crippen LogP contribution in [-0.4, -0.2) is 28.6 Å². The van der Waals surface area contributed by atoms with Gasteiger partial charge in [-0.2, -0.15) is 5.10 Å². The molecule has 1 aliphatic rings. The quantitative estimate of drug-likeness (QED) is 0.921. The lowest BCUT2D eigenvalue weighted by atomic mass is 9.88. The highest BCUT2D eigenvalue weighted by Gasteiger charge is 2.30. The van der Waals surface area contributed by atoms with Crippen molar-refractivity contribution in [3.63, 3.8) is 0 Å². The Labute approximate surface area is 122 Å². The third kappa shape index (κ3) is 3.00. The number of rotatable bonds is 4. The molecule has 0 spiro atoms. The normalized spacial score (nSPS) is 17.4. The van der Waals surface area contributed by atoms with Crippen molar-refractivity contribution in [1.82, 2.24) is 9.78 Å². The topological polar surface area (TPSA) is 47.3 Å². The third-order valence-corrected chi connectivity index (χ3v) is 4.15. The van der Waals surface area contributed by atoms with Gasteiger partial charge in [0.15, 0.2) is 0 Å². The fraction of sp³-hybridized carbons (Fsp3) is 0.812. The van der Waals surface area contributed by atoms with Crippen molar-refractivity contribution >= 4 is 0 Å². The van der Waals surface area contributed by atoms with Crippen molar-refractivity contribution in [3.05, 3.63) is 11.3 Å². The van der Waals surface area contributed by atoms with E-state index in [1.54, 1.807) is 7.11 Å². The number of nitrogens with zero attached hydrogens (tertiary/aromatic N) is 2. The molecule has 1 heterocycles. The summed E-state index contributed by atoms with van der Waals surface area (Å²) >= 11 is 0. The number of aliphatic hydroxyl groups excluding tert-OH is 1. The zero-order valence-electron chi connectivity index (χ0n) is 13.3. The molecule has 0 unspecified atom stereocenters. The van der Waals surface area contributed by atoms with Gasteiger partial charge >= 0.3 is 0 Å². The maximum Gasteiger partial charge on any atom is 0.215 e. The van der Waals surface area contributed by atoms with Crippen LogP contribution in [0.1, 0.15) is 70.2 Å². The van der Waals surface area contributed by atoms with Gasteiger partial charge in [-0.3, -0.25) is 0 Å². The van der Waals surface area contributed by atoms with Crippen molar-refractivity contribution < 1.29 is 9.84 Å². The SMILES string of the molecule is COc1c(CCO)c(C(C)(C)C)nn1C1CCCCC1. The molecule has 1 aliphatic carbocycles. The highest BCUT2D eigenvalue weighted by Crippen LogP contribution is 2.37. The molecule has 0 amide bonds. The van der Waals surface area contributed by atoms with Crippen molar-refractivity contribution in [1.29, 1.82) is 0 Å². The van der Waals surface area contributed by atoms with E-state index in [1.807, 2.05) is 0 Å². The molecule has 1 saturated carbocycles. The zero-order chi connectivity index (χ0) is 14.8. The predicted molar refractivity (Wildman–Crippen MR) is 80.4 cm³/mol. The van der Waals surface area contributed by atoms with Crippen LogP contribution in [0.3, 0.4) is 0 Å². The number of methoxy groups -OCH3 is 1. The molecule has 4 nitrogen and oxygen atoms in total. The van der Waals surface area contributed by atoms with Crippen LogP contribution in [0.4, 0.5) is 0 Å². The number of aliphatic hydroxyl groups is 1. The van der Waals surface area contributed by atoms with Crippen LogP contribution >= 0.6 is 0 Å². The fourth-order valence-corrected chi connectivity index (χ4v) is 3.18. The highest BCUT2D eigenvalue weighted by atomic mass is 16.5. The maximum atomic E-state index is 9.36. The second kappa shape index (κ2) is 6.17. The van der Waals surface area contributed by atoms with Crippen LogP contribution in [0.15, 0.2) is 0 Å². The third-order valence-electron chi connectivity index (χ3n) is 4.15. The molecule has 1 aromatic rings. The second-order valence-corrected chi connectivity index (χ2v) is 6.80. The highest BCUT2D eigenvalue weighted by molar-refractivity contribution is 5.36. The van der Waals surface area contributed by atoms with Gasteiger partial charge in [-0.15, -0.1) is 0 Å². The van der Waals surface area contributed by atoms with Gasteiger partial charge in [-0.25, -0.2) is 4.68 Å². The molecular formula is C16H28N2O2. The van der Waals surface area contributed by atoms with Gasteiger partial charge in [-0.05, 0) is 12.8 Å². The smallest absolute Gasteiger partial charge is 0.215 e. The summed E-state index contributed by atoms with van der Waals surface area (Å²) in [6, 6.07) is 0.451. The summed E-state index contributed by atoms with van der Waals surface area (Å²) in [5.41, 5.74) is 2.11. The summed E-state index contributed by atoms with van der Waals surface area (Å²) in [5, 5.41) is 14.2. The largest absolute Gasteiger partial charge is 0.481 e. The zero-order valence-corrected chi connectivity index (χ0v) is 13.3. The molecule has 0 aliphatic heterocycles. The van der Waals surface area contributed by atoms with Crippen molar-refractivity contribution in [2.45, 2.75) is 70.8 Å². The number of ether oxygens (including phenoxy) is 1. The van der Waals surface area contributed by atoms with Crippen LogP contribution in [-0.2, 0) is 11.8 Å². The molecule has 4 heteroatoms. The van der Waals surface area contributed by atoms with E-state index in [9.17, 15) is 5.11 Å². The lowest BCUT2D eigenvalue weighted by Crippen LogP contribution is -2.18. The Kier molecular flexibility index (Phi) is 4.74. The molecular weight excluding hydrogens is 252 g/mol. The van der Waals surface area contributed by atoms with E-state index >= 15 is 0 Å². The van der Waals surface area contributed by atoms with Gasteiger partial charge in [0.05, 0.1) is 18.8 Å². The molecule has 114 valence electrons. The van der Waals surface area contributed by atoms with E-state index in [4.69, 9.17) is 9.84 Å². The van der Waals surface area contributed by atoms with Gasteiger partial charge < -0.3 is 9.84 Å². The first-order valence-electron chi connectivity index (χ1n) is 7.75. The maximum absolute atomic E-state index is 9.36. The number of hydrogen-bond acceptors (Lipinski definition) is 3. The monoisotopic (exact) mass is 280 g/mol. The van der Waals surface area contributed by atoms with E-state index < -0.39 is 0 Å². The van der Waals surface area contributed by atoms with E-state index in [2.05, 4.69) is 25.5 Å². The first-order chi connectivity index (χ1) is 9.49. The van der Waals surface area contributed by atoms with Crippen molar-refractivity contribution in [3.8, 4) is 5.88 Å². The minimum Gasteiger partial charge on any atom is -0.481 e. The Morgan fingerprint density at radius 3 is 2.40 bits per heavy atom. The summed E-state index contributed by atoms with van der Waals surface area (Å²) in [6.07, 6.45) is 6.85. The van der Waals surface area contributed by atoms with Gasteiger partial charge in [0.25, 0.3) is 0 Å². The molecule has 0 bridgehead atoms.